The Hall–Kier alpha value is -3.81. The zero-order valence-electron chi connectivity index (χ0n) is 19.0. The van der Waals surface area contributed by atoms with Gasteiger partial charge in [-0.15, -0.1) is 0 Å². The third kappa shape index (κ3) is 6.87. The second-order valence-corrected chi connectivity index (χ2v) is 7.51. The number of nitrogens with two attached hydrogens (primary N) is 1. The van der Waals surface area contributed by atoms with Crippen molar-refractivity contribution in [1.82, 2.24) is 4.90 Å². The first-order valence-corrected chi connectivity index (χ1v) is 10.0. The lowest BCUT2D eigenvalue weighted by Gasteiger charge is -2.17. The van der Waals surface area contributed by atoms with Crippen molar-refractivity contribution in [3.05, 3.63) is 58.7 Å². The third-order valence-corrected chi connectivity index (χ3v) is 4.67. The molecular formula is C24H29N3O5. The molecule has 0 spiro atoms. The molecular weight excluding hydrogens is 410 g/mol. The number of likely N-dealkylation sites (N-methyl/N-ethyl adjacent to an activating group) is 1. The Bertz CT molecular complexity index is 1020. The predicted molar refractivity (Wildman–Crippen MR) is 124 cm³/mol. The number of aryl methyl sites for hydroxylation is 3. The van der Waals surface area contributed by atoms with Crippen LogP contribution in [-0.2, 0) is 14.4 Å². The number of ether oxygens (including phenoxy) is 2. The number of primary amides is 1. The van der Waals surface area contributed by atoms with E-state index in [1.807, 2.05) is 32.9 Å². The number of nitrogens with one attached hydrogen (secondary N) is 1. The average molecular weight is 440 g/mol. The Morgan fingerprint density at radius 1 is 1.06 bits per heavy atom. The molecule has 0 saturated carbocycles. The standard InChI is InChI=1S/C24H29N3O5/c1-15-10-16(2)24(17(3)11-15)26-22(29)13-27(4)23(30)9-7-18-6-8-19(20(12-18)31-5)32-14-21(25)28/h6-12H,13-14H2,1-5H3,(H2,25,28)(H,26,29)/b9-7+. The molecule has 0 saturated heterocycles. The number of benzene rings is 2. The monoisotopic (exact) mass is 439 g/mol. The molecule has 0 aromatic heterocycles. The highest BCUT2D eigenvalue weighted by Gasteiger charge is 2.13. The van der Waals surface area contributed by atoms with E-state index in [4.69, 9.17) is 15.2 Å². The third-order valence-electron chi connectivity index (χ3n) is 4.67. The second kappa shape index (κ2) is 11.0. The zero-order valence-corrected chi connectivity index (χ0v) is 19.0. The largest absolute Gasteiger partial charge is 0.493 e. The minimum Gasteiger partial charge on any atom is -0.493 e. The molecule has 0 bridgehead atoms. The van der Waals surface area contributed by atoms with E-state index in [1.165, 1.54) is 18.1 Å². The van der Waals surface area contributed by atoms with Gasteiger partial charge in [-0.2, -0.15) is 0 Å². The van der Waals surface area contributed by atoms with Gasteiger partial charge >= 0.3 is 0 Å². The summed E-state index contributed by atoms with van der Waals surface area (Å²) in [6.45, 7) is 5.52. The number of nitrogens with zero attached hydrogens (tertiary/aromatic N) is 1. The van der Waals surface area contributed by atoms with Crippen LogP contribution in [0.15, 0.2) is 36.4 Å². The fourth-order valence-electron chi connectivity index (χ4n) is 3.20. The molecule has 0 aliphatic heterocycles. The number of carbonyl (C=O) groups excluding carboxylic acids is 3. The molecule has 0 aliphatic rings. The van der Waals surface area contributed by atoms with Gasteiger partial charge in [0.05, 0.1) is 13.7 Å². The Morgan fingerprint density at radius 3 is 2.31 bits per heavy atom. The van der Waals surface area contributed by atoms with Gasteiger partial charge in [0.25, 0.3) is 5.91 Å². The fourth-order valence-corrected chi connectivity index (χ4v) is 3.20. The Labute approximate surface area is 188 Å². The molecule has 0 fully saturated rings. The van der Waals surface area contributed by atoms with Crippen LogP contribution < -0.4 is 20.5 Å². The number of amides is 3. The number of hydrogen-bond acceptors (Lipinski definition) is 5. The maximum absolute atomic E-state index is 12.4. The van der Waals surface area contributed by atoms with Crippen LogP contribution in [0.1, 0.15) is 22.3 Å². The normalized spacial score (nSPS) is 10.7. The van der Waals surface area contributed by atoms with Crippen LogP contribution in [0.2, 0.25) is 0 Å². The van der Waals surface area contributed by atoms with E-state index < -0.39 is 5.91 Å². The summed E-state index contributed by atoms with van der Waals surface area (Å²) in [4.78, 5) is 37.1. The smallest absolute Gasteiger partial charge is 0.255 e. The first kappa shape index (κ1) is 24.5. The first-order chi connectivity index (χ1) is 15.1. The number of rotatable bonds is 9. The van der Waals surface area contributed by atoms with Gasteiger partial charge in [-0.05, 0) is 55.7 Å². The molecule has 0 radical (unpaired) electrons. The highest BCUT2D eigenvalue weighted by molar-refractivity contribution is 5.98. The van der Waals surface area contributed by atoms with Crippen LogP contribution >= 0.6 is 0 Å². The van der Waals surface area contributed by atoms with Crippen molar-refractivity contribution in [3.8, 4) is 11.5 Å². The van der Waals surface area contributed by atoms with Gasteiger partial charge in [-0.1, -0.05) is 23.8 Å². The van der Waals surface area contributed by atoms with Crippen molar-refractivity contribution >= 4 is 29.5 Å². The predicted octanol–water partition coefficient (Wildman–Crippen LogP) is 2.59. The van der Waals surface area contributed by atoms with E-state index in [-0.39, 0.29) is 25.0 Å². The zero-order chi connectivity index (χ0) is 23.8. The molecule has 170 valence electrons. The first-order valence-electron chi connectivity index (χ1n) is 10.0. The molecule has 2 rings (SSSR count). The molecule has 2 aromatic carbocycles. The van der Waals surface area contributed by atoms with Gasteiger partial charge in [0, 0.05) is 18.8 Å². The van der Waals surface area contributed by atoms with Crippen LogP contribution in [0, 0.1) is 20.8 Å². The van der Waals surface area contributed by atoms with Gasteiger partial charge in [0.1, 0.15) is 0 Å². The lowest BCUT2D eigenvalue weighted by atomic mass is 10.1. The minimum absolute atomic E-state index is 0.0842. The Balaban J connectivity index is 1.99. The van der Waals surface area contributed by atoms with Gasteiger partial charge in [0.2, 0.25) is 11.8 Å². The molecule has 8 heteroatoms. The number of anilines is 1. The lowest BCUT2D eigenvalue weighted by Crippen LogP contribution is -2.34. The Kier molecular flexibility index (Phi) is 8.40. The molecule has 0 unspecified atom stereocenters. The number of hydrogen-bond donors (Lipinski definition) is 2. The Morgan fingerprint density at radius 2 is 1.72 bits per heavy atom. The molecule has 0 aliphatic carbocycles. The van der Waals surface area contributed by atoms with E-state index in [2.05, 4.69) is 5.32 Å². The van der Waals surface area contributed by atoms with Crippen molar-refractivity contribution in [1.29, 1.82) is 0 Å². The summed E-state index contributed by atoms with van der Waals surface area (Å²) in [5.41, 5.74) is 9.61. The molecule has 2 aromatic rings. The number of carbonyl (C=O) groups is 3. The molecule has 8 nitrogen and oxygen atoms in total. The van der Waals surface area contributed by atoms with Crippen molar-refractivity contribution in [3.63, 3.8) is 0 Å². The van der Waals surface area contributed by atoms with Crippen LogP contribution in [-0.4, -0.2) is 49.9 Å². The van der Waals surface area contributed by atoms with Crippen molar-refractivity contribution in [2.75, 3.05) is 32.6 Å². The van der Waals surface area contributed by atoms with Gasteiger partial charge in [-0.3, -0.25) is 14.4 Å². The van der Waals surface area contributed by atoms with E-state index in [0.717, 1.165) is 22.4 Å². The summed E-state index contributed by atoms with van der Waals surface area (Å²) in [6, 6.07) is 8.99. The van der Waals surface area contributed by atoms with Crippen LogP contribution in [0.3, 0.4) is 0 Å². The fraction of sp³-hybridized carbons (Fsp3) is 0.292. The van der Waals surface area contributed by atoms with E-state index in [9.17, 15) is 14.4 Å². The summed E-state index contributed by atoms with van der Waals surface area (Å²) in [6.07, 6.45) is 2.97. The van der Waals surface area contributed by atoms with E-state index in [0.29, 0.717) is 17.1 Å². The quantitative estimate of drug-likeness (QED) is 0.584. The van der Waals surface area contributed by atoms with Gasteiger partial charge in [-0.25, -0.2) is 0 Å². The highest BCUT2D eigenvalue weighted by Crippen LogP contribution is 2.28. The van der Waals surface area contributed by atoms with Crippen molar-refractivity contribution in [2.45, 2.75) is 20.8 Å². The SMILES string of the molecule is COc1cc(/C=C/C(=O)N(C)CC(=O)Nc2c(C)cc(C)cc2C)ccc1OCC(N)=O. The second-order valence-electron chi connectivity index (χ2n) is 7.51. The van der Waals surface area contributed by atoms with Crippen molar-refractivity contribution in [2.24, 2.45) is 5.73 Å². The summed E-state index contributed by atoms with van der Waals surface area (Å²) >= 11 is 0. The molecule has 0 heterocycles. The van der Waals surface area contributed by atoms with E-state index in [1.54, 1.807) is 31.3 Å². The lowest BCUT2D eigenvalue weighted by molar-refractivity contribution is -0.129. The number of methoxy groups -OCH3 is 1. The summed E-state index contributed by atoms with van der Waals surface area (Å²) in [7, 11) is 3.03. The molecule has 0 atom stereocenters. The van der Waals surface area contributed by atoms with Crippen LogP contribution in [0.4, 0.5) is 5.69 Å². The van der Waals surface area contributed by atoms with Crippen molar-refractivity contribution < 1.29 is 23.9 Å². The average Bonchev–Trinajstić information content (AvgIpc) is 2.73. The molecule has 3 N–H and O–H groups in total. The van der Waals surface area contributed by atoms with Crippen LogP contribution in [0.25, 0.3) is 6.08 Å². The molecule has 3 amide bonds. The topological polar surface area (TPSA) is 111 Å². The highest BCUT2D eigenvalue weighted by atomic mass is 16.5. The summed E-state index contributed by atoms with van der Waals surface area (Å²) < 4.78 is 10.5. The minimum atomic E-state index is -0.596. The van der Waals surface area contributed by atoms with E-state index >= 15 is 0 Å². The summed E-state index contributed by atoms with van der Waals surface area (Å²) in [5, 5.41) is 2.89. The maximum atomic E-state index is 12.4. The summed E-state index contributed by atoms with van der Waals surface area (Å²) in [5.74, 6) is -0.434. The molecule has 32 heavy (non-hydrogen) atoms. The van der Waals surface area contributed by atoms with Gasteiger partial charge in [0.15, 0.2) is 18.1 Å². The van der Waals surface area contributed by atoms with Crippen LogP contribution in [0.5, 0.6) is 11.5 Å². The van der Waals surface area contributed by atoms with Gasteiger partial charge < -0.3 is 25.4 Å². The maximum Gasteiger partial charge on any atom is 0.255 e.